The van der Waals surface area contributed by atoms with E-state index in [9.17, 15) is 4.39 Å². The maximum absolute atomic E-state index is 13.6. The summed E-state index contributed by atoms with van der Waals surface area (Å²) in [6, 6.07) is 6.85. The Kier molecular flexibility index (Phi) is 3.77. The molecule has 1 heterocycles. The quantitative estimate of drug-likeness (QED) is 0.897. The molecule has 96 valence electrons. The fourth-order valence-corrected chi connectivity index (χ4v) is 2.15. The van der Waals surface area contributed by atoms with Crippen molar-refractivity contribution in [1.29, 1.82) is 0 Å². The maximum Gasteiger partial charge on any atom is 0.126 e. The summed E-state index contributed by atoms with van der Waals surface area (Å²) in [6.45, 7) is 2.53. The molecule has 0 aliphatic rings. The summed E-state index contributed by atoms with van der Waals surface area (Å²) in [5.74, 6) is 0.791. The van der Waals surface area contributed by atoms with E-state index in [4.69, 9.17) is 5.73 Å². The van der Waals surface area contributed by atoms with Gasteiger partial charge in [0.15, 0.2) is 0 Å². The highest BCUT2D eigenvalue weighted by atomic mass is 19.1. The van der Waals surface area contributed by atoms with Crippen LogP contribution in [0.25, 0.3) is 0 Å². The van der Waals surface area contributed by atoms with Crippen LogP contribution < -0.4 is 5.73 Å². The molecular formula is C14H18FN3. The van der Waals surface area contributed by atoms with Crippen LogP contribution >= 0.6 is 0 Å². The van der Waals surface area contributed by atoms with E-state index < -0.39 is 0 Å². The first-order valence-electron chi connectivity index (χ1n) is 6.08. The van der Waals surface area contributed by atoms with Gasteiger partial charge < -0.3 is 10.3 Å². The van der Waals surface area contributed by atoms with E-state index in [1.807, 2.05) is 30.7 Å². The van der Waals surface area contributed by atoms with Crippen LogP contribution in [0.5, 0.6) is 0 Å². The number of benzene rings is 1. The summed E-state index contributed by atoms with van der Waals surface area (Å²) in [7, 11) is 1.96. The summed E-state index contributed by atoms with van der Waals surface area (Å²) >= 11 is 0. The van der Waals surface area contributed by atoms with Gasteiger partial charge in [-0.3, -0.25) is 0 Å². The molecule has 0 aliphatic heterocycles. The molecule has 0 saturated carbocycles. The number of imidazole rings is 1. The molecule has 2 N–H and O–H groups in total. The second-order valence-electron chi connectivity index (χ2n) is 4.43. The predicted octanol–water partition coefficient (Wildman–Crippen LogP) is 1.96. The number of halogens is 1. The molecule has 2 rings (SSSR count). The van der Waals surface area contributed by atoms with Crippen LogP contribution in [0.2, 0.25) is 0 Å². The van der Waals surface area contributed by atoms with E-state index in [1.54, 1.807) is 6.07 Å². The van der Waals surface area contributed by atoms with Gasteiger partial charge in [0.1, 0.15) is 11.6 Å². The van der Waals surface area contributed by atoms with Gasteiger partial charge in [0.25, 0.3) is 0 Å². The SMILES string of the molecule is Cc1nc(CCN)n(C)c1Cc1ccccc1F. The molecule has 0 fully saturated rings. The number of hydrogen-bond donors (Lipinski definition) is 1. The van der Waals surface area contributed by atoms with Gasteiger partial charge in [-0.05, 0) is 25.1 Å². The van der Waals surface area contributed by atoms with E-state index in [-0.39, 0.29) is 5.82 Å². The highest BCUT2D eigenvalue weighted by molar-refractivity contribution is 5.27. The molecule has 0 amide bonds. The van der Waals surface area contributed by atoms with Crippen molar-refractivity contribution in [2.24, 2.45) is 12.8 Å². The number of hydrogen-bond acceptors (Lipinski definition) is 2. The van der Waals surface area contributed by atoms with Crippen molar-refractivity contribution in [3.8, 4) is 0 Å². The molecule has 0 aliphatic carbocycles. The zero-order valence-corrected chi connectivity index (χ0v) is 10.8. The molecule has 1 aromatic heterocycles. The van der Waals surface area contributed by atoms with Crippen LogP contribution in [0.15, 0.2) is 24.3 Å². The number of aromatic nitrogens is 2. The summed E-state index contributed by atoms with van der Waals surface area (Å²) in [6.07, 6.45) is 1.31. The van der Waals surface area contributed by atoms with Crippen LogP contribution in [0.3, 0.4) is 0 Å². The Morgan fingerprint density at radius 3 is 2.72 bits per heavy atom. The largest absolute Gasteiger partial charge is 0.334 e. The van der Waals surface area contributed by atoms with Crippen LogP contribution in [0.4, 0.5) is 4.39 Å². The summed E-state index contributed by atoms with van der Waals surface area (Å²) in [5, 5.41) is 0. The molecule has 0 bridgehead atoms. The first-order chi connectivity index (χ1) is 8.63. The molecule has 0 radical (unpaired) electrons. The lowest BCUT2D eigenvalue weighted by atomic mass is 10.1. The van der Waals surface area contributed by atoms with Crippen molar-refractivity contribution >= 4 is 0 Å². The third kappa shape index (κ3) is 2.43. The molecular weight excluding hydrogens is 229 g/mol. The van der Waals surface area contributed by atoms with E-state index in [1.165, 1.54) is 6.07 Å². The van der Waals surface area contributed by atoms with Gasteiger partial charge in [0.05, 0.1) is 5.69 Å². The smallest absolute Gasteiger partial charge is 0.126 e. The number of nitrogens with zero attached hydrogens (tertiary/aromatic N) is 2. The Labute approximate surface area is 106 Å². The molecule has 18 heavy (non-hydrogen) atoms. The topological polar surface area (TPSA) is 43.8 Å². The van der Waals surface area contributed by atoms with E-state index in [2.05, 4.69) is 4.98 Å². The normalized spacial score (nSPS) is 10.9. The Balaban J connectivity index is 2.32. The van der Waals surface area contributed by atoms with E-state index in [0.717, 1.165) is 23.6 Å². The molecule has 0 unspecified atom stereocenters. The van der Waals surface area contributed by atoms with Crippen LogP contribution in [-0.2, 0) is 19.9 Å². The monoisotopic (exact) mass is 247 g/mol. The highest BCUT2D eigenvalue weighted by Crippen LogP contribution is 2.17. The predicted molar refractivity (Wildman–Crippen MR) is 69.9 cm³/mol. The third-order valence-corrected chi connectivity index (χ3v) is 3.19. The van der Waals surface area contributed by atoms with Gasteiger partial charge in [-0.2, -0.15) is 0 Å². The summed E-state index contributed by atoms with van der Waals surface area (Å²) in [4.78, 5) is 4.49. The molecule has 1 aromatic carbocycles. The molecule has 0 saturated heterocycles. The molecule has 0 spiro atoms. The van der Waals surface area contributed by atoms with Gasteiger partial charge in [-0.25, -0.2) is 9.37 Å². The minimum Gasteiger partial charge on any atom is -0.334 e. The lowest BCUT2D eigenvalue weighted by Crippen LogP contribution is -2.09. The first kappa shape index (κ1) is 12.8. The van der Waals surface area contributed by atoms with E-state index in [0.29, 0.717) is 18.5 Å². The zero-order valence-electron chi connectivity index (χ0n) is 10.8. The Morgan fingerprint density at radius 2 is 2.06 bits per heavy atom. The highest BCUT2D eigenvalue weighted by Gasteiger charge is 2.12. The third-order valence-electron chi connectivity index (χ3n) is 3.19. The molecule has 4 heteroatoms. The van der Waals surface area contributed by atoms with Gasteiger partial charge >= 0.3 is 0 Å². The summed E-state index contributed by atoms with van der Waals surface area (Å²) < 4.78 is 15.7. The van der Waals surface area contributed by atoms with Crippen molar-refractivity contribution in [1.82, 2.24) is 9.55 Å². The average Bonchev–Trinajstić information content (AvgIpc) is 2.60. The van der Waals surface area contributed by atoms with Crippen molar-refractivity contribution in [3.05, 3.63) is 52.9 Å². The lowest BCUT2D eigenvalue weighted by molar-refractivity contribution is 0.611. The second-order valence-corrected chi connectivity index (χ2v) is 4.43. The van der Waals surface area contributed by atoms with Crippen molar-refractivity contribution in [2.45, 2.75) is 19.8 Å². The number of nitrogens with two attached hydrogens (primary N) is 1. The van der Waals surface area contributed by atoms with Crippen molar-refractivity contribution in [3.63, 3.8) is 0 Å². The van der Waals surface area contributed by atoms with Crippen LogP contribution in [-0.4, -0.2) is 16.1 Å². The minimum absolute atomic E-state index is 0.168. The molecule has 3 nitrogen and oxygen atoms in total. The first-order valence-corrected chi connectivity index (χ1v) is 6.08. The number of rotatable bonds is 4. The van der Waals surface area contributed by atoms with Gasteiger partial charge in [0.2, 0.25) is 0 Å². The number of aryl methyl sites for hydroxylation is 1. The average molecular weight is 247 g/mol. The van der Waals surface area contributed by atoms with E-state index >= 15 is 0 Å². The Bertz CT molecular complexity index is 546. The molecule has 0 atom stereocenters. The van der Waals surface area contributed by atoms with Crippen LogP contribution in [0, 0.1) is 12.7 Å². The Morgan fingerprint density at radius 1 is 1.33 bits per heavy atom. The minimum atomic E-state index is -0.168. The lowest BCUT2D eigenvalue weighted by Gasteiger charge is -2.07. The van der Waals surface area contributed by atoms with Crippen molar-refractivity contribution in [2.75, 3.05) is 6.54 Å². The van der Waals surface area contributed by atoms with Gasteiger partial charge in [-0.15, -0.1) is 0 Å². The fourth-order valence-electron chi connectivity index (χ4n) is 2.15. The summed E-state index contributed by atoms with van der Waals surface area (Å²) in [5.41, 5.74) is 8.24. The second kappa shape index (κ2) is 5.31. The van der Waals surface area contributed by atoms with Crippen molar-refractivity contribution < 1.29 is 4.39 Å². The van der Waals surface area contributed by atoms with Gasteiger partial charge in [-0.1, -0.05) is 18.2 Å². The standard InChI is InChI=1S/C14H18FN3/c1-10-13(18(2)14(17-10)7-8-16)9-11-5-3-4-6-12(11)15/h3-6H,7-9,16H2,1-2H3. The fraction of sp³-hybridized carbons (Fsp3) is 0.357. The van der Waals surface area contributed by atoms with Gasteiger partial charge in [0, 0.05) is 25.6 Å². The Hall–Kier alpha value is -1.68. The molecule has 2 aromatic rings. The zero-order chi connectivity index (χ0) is 13.1. The van der Waals surface area contributed by atoms with Crippen LogP contribution in [0.1, 0.15) is 22.8 Å². The maximum atomic E-state index is 13.6.